The maximum atomic E-state index is 13.8. The highest BCUT2D eigenvalue weighted by Crippen LogP contribution is 2.34. The summed E-state index contributed by atoms with van der Waals surface area (Å²) in [5.41, 5.74) is 3.92. The Morgan fingerprint density at radius 3 is 1.96 bits per heavy atom. The molecule has 7 aromatic rings. The van der Waals surface area contributed by atoms with E-state index in [9.17, 15) is 29.7 Å². The normalized spacial score (nSPS) is 13.7. The van der Waals surface area contributed by atoms with Gasteiger partial charge >= 0.3 is 5.97 Å². The summed E-state index contributed by atoms with van der Waals surface area (Å²) in [6, 6.07) is 47.2. The van der Waals surface area contributed by atoms with E-state index in [4.69, 9.17) is 29.3 Å². The van der Waals surface area contributed by atoms with Crippen molar-refractivity contribution >= 4 is 35.7 Å². The topological polar surface area (TPSA) is 248 Å². The number of hydrogen-bond donors (Lipinski definition) is 8. The number of pyridine rings is 1. The van der Waals surface area contributed by atoms with Gasteiger partial charge in [0.25, 0.3) is 18.9 Å². The van der Waals surface area contributed by atoms with Crippen LogP contribution in [0.3, 0.4) is 0 Å². The molecule has 0 saturated carbocycles. The first-order valence-electron chi connectivity index (χ1n) is 23.2. The average Bonchev–Trinajstić information content (AvgIpc) is 3.41. The number of carboxylic acid groups (broad SMARTS) is 2. The summed E-state index contributed by atoms with van der Waals surface area (Å²) in [6.45, 7) is 3.81. The fourth-order valence-corrected chi connectivity index (χ4v) is 8.32. The molecule has 1 saturated heterocycles. The Bertz CT molecular complexity index is 2870. The molecule has 0 bridgehead atoms. The number of carbonyl (C=O) groups excluding carboxylic acids is 2. The maximum Gasteiger partial charge on any atom is 0.347 e. The summed E-state index contributed by atoms with van der Waals surface area (Å²) in [4.78, 5) is 60.2. The largest absolute Gasteiger partial charge is 0.506 e. The number of rotatable bonds is 18. The molecular weight excluding hydrogens is 921 g/mol. The number of likely N-dealkylation sites (tertiary alicyclic amines) is 1. The van der Waals surface area contributed by atoms with E-state index >= 15 is 0 Å². The molecule has 1 aliphatic rings. The highest BCUT2D eigenvalue weighted by Gasteiger charge is 2.42. The molecule has 72 heavy (non-hydrogen) atoms. The van der Waals surface area contributed by atoms with Crippen LogP contribution in [0.25, 0.3) is 10.9 Å². The lowest BCUT2D eigenvalue weighted by atomic mass is 9.86. The zero-order chi connectivity index (χ0) is 51.3. The summed E-state index contributed by atoms with van der Waals surface area (Å²) in [5.74, 6) is -0.184. The third-order valence-electron chi connectivity index (χ3n) is 12.2. The summed E-state index contributed by atoms with van der Waals surface area (Å²) in [6.07, 6.45) is 0.946. The number of nitrogens with one attached hydrogen (secondary N) is 3. The van der Waals surface area contributed by atoms with Crippen molar-refractivity contribution in [3.63, 3.8) is 0 Å². The van der Waals surface area contributed by atoms with Crippen molar-refractivity contribution in [1.29, 1.82) is 0 Å². The number of phenolic OH excluding ortho intramolecular Hbond substituents is 1. The van der Waals surface area contributed by atoms with Crippen LogP contribution in [0.15, 0.2) is 163 Å². The Labute approximate surface area is 416 Å². The average molecular weight is 979 g/mol. The van der Waals surface area contributed by atoms with E-state index in [1.54, 1.807) is 72.8 Å². The van der Waals surface area contributed by atoms with Gasteiger partial charge < -0.3 is 50.6 Å². The molecule has 1 aromatic heterocycles. The lowest BCUT2D eigenvalue weighted by Gasteiger charge is -2.33. The molecule has 374 valence electrons. The Hall–Kier alpha value is -8.15. The number of aromatic hydroxyl groups is 1. The number of aliphatic hydroxyl groups excluding tert-OH is 1. The fourth-order valence-electron chi connectivity index (χ4n) is 8.32. The number of fused-ring (bicyclic) bond motifs is 1. The third kappa shape index (κ3) is 14.7. The van der Waals surface area contributed by atoms with Crippen molar-refractivity contribution in [3.8, 4) is 11.5 Å². The molecule has 2 heterocycles. The van der Waals surface area contributed by atoms with E-state index in [0.29, 0.717) is 46.5 Å². The SMILES string of the molecule is O=C(NCc1ccc(COc2ccc(C(O)(C(=O)OCC3CCN(Cc4ccccc4)CC3)c3ccccc3)cc2)cc1)c1ccc(CNC[C@H](O)c2ccc(O)c3[nH]c(=O)ccc23)cc1.O=CO.O=CO. The van der Waals surface area contributed by atoms with Gasteiger partial charge in [-0.3, -0.25) is 24.1 Å². The number of piperidine rings is 1. The fraction of sp³-hybridized carbons (Fsp3) is 0.232. The smallest absolute Gasteiger partial charge is 0.347 e. The standard InChI is InChI=1S/C54H54N4O8.2CH2O2/c59-48-25-23-46(47-24-26-50(61)57-51(47)48)49(60)33-55-31-37-15-17-42(18-16-37)52(62)56-32-38-11-13-40(14-12-38)35-65-45-21-19-44(20-22-45)54(64,43-9-5-2-6-10-43)53(63)66-36-41-27-29-58(30-28-41)34-39-7-3-1-4-8-39;2*2-1-3/h1-26,41,49,55,59-60,64H,27-36H2,(H,56,62)(H,57,61);2*1H,(H,2,3)/t49-,54?;;/m0../s1. The maximum absolute atomic E-state index is 13.8. The van der Waals surface area contributed by atoms with E-state index < -0.39 is 17.7 Å². The van der Waals surface area contributed by atoms with Crippen LogP contribution >= 0.6 is 0 Å². The number of phenols is 1. The number of esters is 1. The number of benzene rings is 6. The minimum absolute atomic E-state index is 0.0640. The molecule has 6 aromatic carbocycles. The lowest BCUT2D eigenvalue weighted by molar-refractivity contribution is -0.164. The van der Waals surface area contributed by atoms with E-state index in [0.717, 1.165) is 49.2 Å². The van der Waals surface area contributed by atoms with Gasteiger partial charge in [0.1, 0.15) is 18.1 Å². The van der Waals surface area contributed by atoms with Crippen LogP contribution in [0.2, 0.25) is 0 Å². The highest BCUT2D eigenvalue weighted by molar-refractivity contribution is 5.94. The summed E-state index contributed by atoms with van der Waals surface area (Å²) in [5, 5.41) is 53.6. The summed E-state index contributed by atoms with van der Waals surface area (Å²) >= 11 is 0. The van der Waals surface area contributed by atoms with Crippen LogP contribution in [0.5, 0.6) is 11.5 Å². The molecule has 8 rings (SSSR count). The minimum Gasteiger partial charge on any atom is -0.506 e. The molecule has 1 amide bonds. The zero-order valence-corrected chi connectivity index (χ0v) is 39.4. The van der Waals surface area contributed by atoms with Gasteiger partial charge in [-0.2, -0.15) is 0 Å². The van der Waals surface area contributed by atoms with Gasteiger partial charge in [0.05, 0.1) is 18.2 Å². The third-order valence-corrected chi connectivity index (χ3v) is 12.2. The number of aromatic amines is 1. The molecular formula is C56H58N4O12. The van der Waals surface area contributed by atoms with E-state index in [1.807, 2.05) is 48.5 Å². The minimum atomic E-state index is -2.00. The molecule has 0 spiro atoms. The van der Waals surface area contributed by atoms with Gasteiger partial charge in [-0.1, -0.05) is 115 Å². The van der Waals surface area contributed by atoms with Crippen LogP contribution in [0, 0.1) is 5.92 Å². The quantitative estimate of drug-likeness (QED) is 0.0331. The molecule has 0 aliphatic carbocycles. The zero-order valence-electron chi connectivity index (χ0n) is 39.4. The van der Waals surface area contributed by atoms with Crippen molar-refractivity contribution < 1.29 is 54.2 Å². The molecule has 16 nitrogen and oxygen atoms in total. The van der Waals surface area contributed by atoms with E-state index in [2.05, 4.69) is 44.8 Å². The van der Waals surface area contributed by atoms with Crippen molar-refractivity contribution in [3.05, 3.63) is 213 Å². The van der Waals surface area contributed by atoms with Crippen LogP contribution in [-0.2, 0) is 51.0 Å². The van der Waals surface area contributed by atoms with Gasteiger partial charge in [0.2, 0.25) is 11.2 Å². The van der Waals surface area contributed by atoms with Crippen molar-refractivity contribution in [2.75, 3.05) is 26.2 Å². The molecule has 0 radical (unpaired) electrons. The van der Waals surface area contributed by atoms with Crippen molar-refractivity contribution in [1.82, 2.24) is 20.5 Å². The molecule has 8 N–H and O–H groups in total. The second-order valence-electron chi connectivity index (χ2n) is 17.0. The second kappa shape index (κ2) is 26.7. The Morgan fingerprint density at radius 2 is 1.31 bits per heavy atom. The number of amides is 1. The summed E-state index contributed by atoms with van der Waals surface area (Å²) < 4.78 is 11.9. The molecule has 2 atom stereocenters. The Balaban J connectivity index is 0.00000134. The second-order valence-corrected chi connectivity index (χ2v) is 17.0. The van der Waals surface area contributed by atoms with Crippen molar-refractivity contribution in [2.24, 2.45) is 5.92 Å². The number of H-pyrrole nitrogens is 1. The van der Waals surface area contributed by atoms with Gasteiger partial charge in [-0.25, -0.2) is 4.79 Å². The van der Waals surface area contributed by atoms with Crippen LogP contribution in [0.1, 0.15) is 68.2 Å². The van der Waals surface area contributed by atoms with Crippen LogP contribution < -0.4 is 20.9 Å². The Morgan fingerprint density at radius 1 is 0.722 bits per heavy atom. The monoisotopic (exact) mass is 978 g/mol. The Kier molecular flexibility index (Phi) is 19.7. The van der Waals surface area contributed by atoms with Gasteiger partial charge in [-0.15, -0.1) is 0 Å². The van der Waals surface area contributed by atoms with Crippen LogP contribution in [-0.4, -0.2) is 86.5 Å². The molecule has 1 unspecified atom stereocenters. The predicted molar refractivity (Wildman–Crippen MR) is 270 cm³/mol. The first-order valence-corrected chi connectivity index (χ1v) is 23.2. The molecule has 16 heteroatoms. The van der Waals surface area contributed by atoms with Crippen molar-refractivity contribution in [2.45, 2.75) is 50.8 Å². The first kappa shape index (κ1) is 53.2. The highest BCUT2D eigenvalue weighted by atomic mass is 16.5. The number of hydrogen-bond acceptors (Lipinski definition) is 12. The summed E-state index contributed by atoms with van der Waals surface area (Å²) in [7, 11) is 0. The first-order chi connectivity index (χ1) is 34.9. The number of carbonyl (C=O) groups is 4. The van der Waals surface area contributed by atoms with E-state index in [-0.39, 0.29) is 61.4 Å². The predicted octanol–water partition coefficient (Wildman–Crippen LogP) is 6.66. The molecule has 1 fully saturated rings. The van der Waals surface area contributed by atoms with Gasteiger partial charge in [0.15, 0.2) is 0 Å². The number of aromatic nitrogens is 1. The number of aliphatic hydroxyl groups is 2. The van der Waals surface area contributed by atoms with E-state index in [1.165, 1.54) is 17.7 Å². The lowest BCUT2D eigenvalue weighted by Crippen LogP contribution is -2.40. The van der Waals surface area contributed by atoms with Crippen LogP contribution in [0.4, 0.5) is 0 Å². The molecule has 1 aliphatic heterocycles. The number of nitrogens with zero attached hydrogens (tertiary/aromatic N) is 1. The van der Waals surface area contributed by atoms with Gasteiger partial charge in [0, 0.05) is 43.2 Å². The number of ether oxygens (including phenoxy) is 2. The van der Waals surface area contributed by atoms with Gasteiger partial charge in [-0.05, 0) is 107 Å².